The van der Waals surface area contributed by atoms with Gasteiger partial charge in [-0.2, -0.15) is 0 Å². The van der Waals surface area contributed by atoms with Crippen molar-refractivity contribution in [2.75, 3.05) is 20.5 Å². The van der Waals surface area contributed by atoms with Gasteiger partial charge in [0.1, 0.15) is 14.3 Å². The molecular weight excluding hydrogens is 242 g/mol. The molecule has 0 aromatic rings. The SMILES string of the molecule is [2H]P([B][3H])SOCC1CC(OCOC)C(C)[C@@H]1C. The zero-order valence-electron chi connectivity index (χ0n) is 12.1. The molecule has 4 unspecified atom stereocenters. The largest absolute Gasteiger partial charge is 0.359 e. The molecule has 0 bridgehead atoms. The first-order valence-electron chi connectivity index (χ1n) is 6.52. The van der Waals surface area contributed by atoms with Gasteiger partial charge in [-0.05, 0) is 25.5 Å². The third-order valence-corrected chi connectivity index (χ3v) is 4.37. The van der Waals surface area contributed by atoms with E-state index in [2.05, 4.69) is 13.8 Å². The second-order valence-electron chi connectivity index (χ2n) is 4.29. The summed E-state index contributed by atoms with van der Waals surface area (Å²) in [6.07, 6.45) is 1.21. The molecule has 0 heterocycles. The van der Waals surface area contributed by atoms with Gasteiger partial charge >= 0.3 is 0 Å². The molecule has 1 fully saturated rings. The van der Waals surface area contributed by atoms with Crippen LogP contribution in [0, 0.1) is 17.8 Å². The monoisotopic (exact) mass is 266 g/mol. The minimum Gasteiger partial charge on any atom is -0.359 e. The molecule has 0 N–H and O–H groups in total. The van der Waals surface area contributed by atoms with Crippen LogP contribution in [0.2, 0.25) is 0 Å². The highest BCUT2D eigenvalue weighted by atomic mass is 32.7. The van der Waals surface area contributed by atoms with E-state index in [1.807, 2.05) is 0 Å². The number of rotatable bonds is 8. The van der Waals surface area contributed by atoms with E-state index >= 15 is 0 Å². The molecule has 0 amide bonds. The molecule has 1 aliphatic carbocycles. The van der Waals surface area contributed by atoms with E-state index in [1.165, 1.54) is 0 Å². The molecule has 1 aliphatic rings. The van der Waals surface area contributed by atoms with Crippen LogP contribution in [0.4, 0.5) is 0 Å². The fraction of sp³-hybridized carbons (Fsp3) is 1.00. The van der Waals surface area contributed by atoms with Gasteiger partial charge in [-0.1, -0.05) is 21.5 Å². The van der Waals surface area contributed by atoms with E-state index in [1.54, 1.807) is 7.11 Å². The number of hydrogen-bond donors (Lipinski definition) is 0. The Kier molecular flexibility index (Phi) is 5.85. The Labute approximate surface area is 108 Å². The summed E-state index contributed by atoms with van der Waals surface area (Å²) in [5.74, 6) is 1.51. The molecule has 0 aromatic heterocycles. The van der Waals surface area contributed by atoms with Crippen LogP contribution in [-0.4, -0.2) is 36.8 Å². The topological polar surface area (TPSA) is 27.7 Å². The van der Waals surface area contributed by atoms with Crippen LogP contribution >= 0.6 is 19.3 Å². The number of ether oxygens (including phenoxy) is 2. The Morgan fingerprint density at radius 2 is 2.44 bits per heavy atom. The summed E-state index contributed by atoms with van der Waals surface area (Å²) in [5, 5.41) is 0. The fourth-order valence-electron chi connectivity index (χ4n) is 2.24. The van der Waals surface area contributed by atoms with Crippen molar-refractivity contribution < 1.29 is 13.7 Å². The molecule has 3 nitrogen and oxygen atoms in total. The van der Waals surface area contributed by atoms with Crippen molar-refractivity contribution in [1.82, 2.24) is 0 Å². The summed E-state index contributed by atoms with van der Waals surface area (Å²) in [5.41, 5.74) is 0. The predicted octanol–water partition coefficient (Wildman–Crippen LogP) is 2.34. The average Bonchev–Trinajstić information content (AvgIpc) is 2.64. The summed E-state index contributed by atoms with van der Waals surface area (Å²) in [7, 11) is 1.55. The minimum absolute atomic E-state index is 0.235. The lowest BCUT2D eigenvalue weighted by Gasteiger charge is -2.18. The highest BCUT2D eigenvalue weighted by Gasteiger charge is 2.38. The first-order chi connectivity index (χ1) is 8.60. The van der Waals surface area contributed by atoms with Crippen LogP contribution in [0.5, 0.6) is 0 Å². The quantitative estimate of drug-likeness (QED) is 0.292. The van der Waals surface area contributed by atoms with Gasteiger partial charge in [-0.15, -0.1) is 0 Å². The van der Waals surface area contributed by atoms with Crippen molar-refractivity contribution >= 4 is 26.8 Å². The van der Waals surface area contributed by atoms with Gasteiger partial charge in [0, 0.05) is 18.8 Å². The van der Waals surface area contributed by atoms with Crippen LogP contribution in [0.3, 0.4) is 0 Å². The van der Waals surface area contributed by atoms with Crippen molar-refractivity contribution in [2.24, 2.45) is 17.8 Å². The summed E-state index contributed by atoms with van der Waals surface area (Å²) in [6.45, 7) is 5.40. The summed E-state index contributed by atoms with van der Waals surface area (Å²) in [4.78, 5) is 0. The van der Waals surface area contributed by atoms with Gasteiger partial charge in [-0.25, -0.2) is 0 Å². The van der Waals surface area contributed by atoms with Crippen LogP contribution < -0.4 is 0 Å². The lowest BCUT2D eigenvalue weighted by atomic mass is 9.93. The van der Waals surface area contributed by atoms with E-state index in [0.717, 1.165) is 25.6 Å². The molecule has 16 heavy (non-hydrogen) atoms. The van der Waals surface area contributed by atoms with Crippen molar-refractivity contribution in [3.8, 4) is 0 Å². The van der Waals surface area contributed by atoms with Gasteiger partial charge in [0.25, 0.3) is 0 Å². The van der Waals surface area contributed by atoms with Gasteiger partial charge in [0.2, 0.25) is 0 Å². The van der Waals surface area contributed by atoms with Crippen LogP contribution in [0.25, 0.3) is 0 Å². The van der Waals surface area contributed by atoms with E-state index in [9.17, 15) is 0 Å². The molecule has 0 aromatic carbocycles. The van der Waals surface area contributed by atoms with E-state index in [-0.39, 0.29) is 6.10 Å². The van der Waals surface area contributed by atoms with Crippen LogP contribution in [0.15, 0.2) is 0 Å². The fourth-order valence-corrected chi connectivity index (χ4v) is 2.90. The smallest absolute Gasteiger partial charge is 0.146 e. The standard InChI is InChI=1S/C10H21BO3PS/c1-7-8(2)10(13-6-12-3)4-9(7)5-14-16-15-11/h7-11,15H,4-6H2,1-3H3/t7-,8?,9?,10?,15?/m0/s1/i11T,15D. The number of hydrogen-bond acceptors (Lipinski definition) is 4. The maximum Gasteiger partial charge on any atom is 0.146 e. The molecule has 0 aliphatic heterocycles. The van der Waals surface area contributed by atoms with E-state index in [4.69, 9.17) is 16.3 Å². The molecule has 0 spiro atoms. The van der Waals surface area contributed by atoms with Crippen molar-refractivity contribution in [3.05, 3.63) is 0 Å². The zero-order chi connectivity index (χ0) is 13.5. The van der Waals surface area contributed by atoms with E-state index in [0.29, 0.717) is 31.2 Å². The Morgan fingerprint density at radius 3 is 3.12 bits per heavy atom. The third-order valence-electron chi connectivity index (χ3n) is 3.47. The van der Waals surface area contributed by atoms with Gasteiger partial charge < -0.3 is 13.7 Å². The van der Waals surface area contributed by atoms with Crippen LogP contribution in [-0.2, 0) is 13.7 Å². The molecule has 5 atom stereocenters. The van der Waals surface area contributed by atoms with Crippen molar-refractivity contribution in [3.63, 3.8) is 0 Å². The molecular formula is C10H21BO3PS. The first kappa shape index (κ1) is 11.8. The summed E-state index contributed by atoms with van der Waals surface area (Å²) >= 11 is 1.11. The Balaban J connectivity index is 2.29. The minimum atomic E-state index is -1.21. The van der Waals surface area contributed by atoms with Crippen molar-refractivity contribution in [2.45, 2.75) is 26.4 Å². The predicted molar refractivity (Wildman–Crippen MR) is 72.2 cm³/mol. The van der Waals surface area contributed by atoms with Gasteiger partial charge in [0.15, 0.2) is 0 Å². The van der Waals surface area contributed by atoms with Crippen LogP contribution in [0.1, 0.15) is 20.3 Å². The normalized spacial score (nSPS) is 37.9. The molecule has 93 valence electrons. The maximum atomic E-state index is 7.43. The second kappa shape index (κ2) is 7.94. The highest BCUT2D eigenvalue weighted by molar-refractivity contribution is 8.53. The van der Waals surface area contributed by atoms with Gasteiger partial charge in [0.05, 0.1) is 14.0 Å². The second-order valence-corrected chi connectivity index (χ2v) is 5.97. The third kappa shape index (κ3) is 4.19. The molecule has 1 saturated carbocycles. The maximum absolute atomic E-state index is 7.43. The lowest BCUT2D eigenvalue weighted by Crippen LogP contribution is -2.19. The lowest BCUT2D eigenvalue weighted by molar-refractivity contribution is -0.0839. The summed E-state index contributed by atoms with van der Waals surface area (Å²) in [6, 6.07) is 0. The Hall–Kier alpha value is 0.725. The Bertz CT molecular complexity index is 243. The number of methoxy groups -OCH3 is 1. The van der Waals surface area contributed by atoms with E-state index < -0.39 is 7.61 Å². The van der Waals surface area contributed by atoms with Gasteiger partial charge in [-0.3, -0.25) is 0 Å². The molecule has 0 saturated heterocycles. The first-order valence-corrected chi connectivity index (χ1v) is 7.81. The zero-order valence-corrected chi connectivity index (χ0v) is 11.8. The highest BCUT2D eigenvalue weighted by Crippen LogP contribution is 2.40. The molecule has 1 rings (SSSR count). The molecule has 1 radical (unpaired) electrons. The van der Waals surface area contributed by atoms with Crippen molar-refractivity contribution in [1.29, 1.82) is 2.61 Å². The molecule has 6 heteroatoms. The summed E-state index contributed by atoms with van der Waals surface area (Å²) < 4.78 is 30.5. The Morgan fingerprint density at radius 1 is 1.62 bits per heavy atom. The average molecular weight is 266 g/mol.